The number of benzene rings is 1. The molecule has 0 radical (unpaired) electrons. The minimum atomic E-state index is -0.294. The van der Waals surface area contributed by atoms with Crippen molar-refractivity contribution in [1.29, 1.82) is 0 Å². The van der Waals surface area contributed by atoms with E-state index in [0.29, 0.717) is 25.6 Å². The topological polar surface area (TPSA) is 70.7 Å². The number of hydrogen-bond donors (Lipinski definition) is 2. The number of rotatable bonds is 3. The third-order valence-electron chi connectivity index (χ3n) is 4.35. The van der Waals surface area contributed by atoms with Gasteiger partial charge < -0.3 is 15.4 Å². The Hall–Kier alpha value is -2.08. The largest absolute Gasteiger partial charge is 0.497 e. The van der Waals surface area contributed by atoms with Crippen molar-refractivity contribution < 1.29 is 14.3 Å². The molecule has 22 heavy (non-hydrogen) atoms. The minimum absolute atomic E-state index is 0.0563. The SMILES string of the molecule is COc1ccc(CNC(=O)N2C[C@H]3CNC[C@H](C3)C2=O)cc1. The lowest BCUT2D eigenvalue weighted by Gasteiger charge is -2.39. The molecule has 0 aliphatic carbocycles. The van der Waals surface area contributed by atoms with Crippen molar-refractivity contribution in [2.45, 2.75) is 13.0 Å². The first-order chi connectivity index (χ1) is 10.7. The van der Waals surface area contributed by atoms with Gasteiger partial charge in [-0.05, 0) is 36.6 Å². The second-order valence-corrected chi connectivity index (χ2v) is 5.91. The molecule has 6 nitrogen and oxygen atoms in total. The van der Waals surface area contributed by atoms with E-state index in [9.17, 15) is 9.59 Å². The number of nitrogens with zero attached hydrogens (tertiary/aromatic N) is 1. The molecule has 3 amide bonds. The van der Waals surface area contributed by atoms with E-state index in [1.54, 1.807) is 7.11 Å². The summed E-state index contributed by atoms with van der Waals surface area (Å²) in [4.78, 5) is 25.9. The molecule has 0 spiro atoms. The first-order valence-electron chi connectivity index (χ1n) is 7.60. The highest BCUT2D eigenvalue weighted by Crippen LogP contribution is 2.25. The third-order valence-corrected chi connectivity index (χ3v) is 4.35. The molecule has 1 aromatic carbocycles. The molecule has 6 heteroatoms. The minimum Gasteiger partial charge on any atom is -0.497 e. The lowest BCUT2D eigenvalue weighted by atomic mass is 9.85. The van der Waals surface area contributed by atoms with E-state index in [2.05, 4.69) is 10.6 Å². The number of urea groups is 1. The van der Waals surface area contributed by atoms with Crippen LogP contribution in [-0.2, 0) is 11.3 Å². The predicted octanol–water partition coefficient (Wildman–Crippen LogP) is 0.973. The normalized spacial score (nSPS) is 24.0. The maximum Gasteiger partial charge on any atom is 0.324 e. The van der Waals surface area contributed by atoms with Gasteiger partial charge in [0.05, 0.1) is 13.0 Å². The second-order valence-electron chi connectivity index (χ2n) is 5.91. The van der Waals surface area contributed by atoms with Crippen molar-refractivity contribution in [2.24, 2.45) is 11.8 Å². The molecule has 2 heterocycles. The number of nitrogens with one attached hydrogen (secondary N) is 2. The summed E-state index contributed by atoms with van der Waals surface area (Å²) in [6, 6.07) is 7.20. The predicted molar refractivity (Wildman–Crippen MR) is 81.4 cm³/mol. The standard InChI is InChI=1S/C16H21N3O3/c1-22-14-4-2-11(3-5-14)8-18-16(21)19-10-12-6-13(15(19)20)9-17-7-12/h2-5,12-13,17H,6-10H2,1H3,(H,18,21)/t12-,13+/m1/s1. The monoisotopic (exact) mass is 303 g/mol. The van der Waals surface area contributed by atoms with Crippen LogP contribution in [0, 0.1) is 11.8 Å². The van der Waals surface area contributed by atoms with Crippen LogP contribution in [0.1, 0.15) is 12.0 Å². The molecule has 2 atom stereocenters. The summed E-state index contributed by atoms with van der Waals surface area (Å²) in [5.74, 6) is 1.04. The van der Waals surface area contributed by atoms with Gasteiger partial charge in [-0.3, -0.25) is 9.69 Å². The van der Waals surface area contributed by atoms with E-state index < -0.39 is 0 Å². The average Bonchev–Trinajstić information content (AvgIpc) is 2.57. The van der Waals surface area contributed by atoms with Gasteiger partial charge in [0.1, 0.15) is 5.75 Å². The fourth-order valence-electron chi connectivity index (χ4n) is 3.13. The zero-order valence-electron chi connectivity index (χ0n) is 12.7. The number of amides is 3. The number of imide groups is 1. The van der Waals surface area contributed by atoms with Crippen LogP contribution in [0.3, 0.4) is 0 Å². The van der Waals surface area contributed by atoms with Crippen LogP contribution in [0.15, 0.2) is 24.3 Å². The average molecular weight is 303 g/mol. The highest BCUT2D eigenvalue weighted by molar-refractivity contribution is 5.96. The van der Waals surface area contributed by atoms with Crippen molar-refractivity contribution >= 4 is 11.9 Å². The Labute approximate surface area is 129 Å². The van der Waals surface area contributed by atoms with E-state index >= 15 is 0 Å². The smallest absolute Gasteiger partial charge is 0.324 e. The molecule has 2 aliphatic rings. The maximum atomic E-state index is 12.3. The van der Waals surface area contributed by atoms with Crippen LogP contribution in [0.25, 0.3) is 0 Å². The van der Waals surface area contributed by atoms with Crippen LogP contribution in [0.2, 0.25) is 0 Å². The van der Waals surface area contributed by atoms with Gasteiger partial charge in [0.15, 0.2) is 0 Å². The van der Waals surface area contributed by atoms with Crippen LogP contribution < -0.4 is 15.4 Å². The lowest BCUT2D eigenvalue weighted by Crippen LogP contribution is -2.58. The number of hydrogen-bond acceptors (Lipinski definition) is 4. The van der Waals surface area contributed by atoms with E-state index in [1.807, 2.05) is 24.3 Å². The number of ether oxygens (including phenoxy) is 1. The quantitative estimate of drug-likeness (QED) is 0.873. The highest BCUT2D eigenvalue weighted by atomic mass is 16.5. The summed E-state index contributed by atoms with van der Waals surface area (Å²) >= 11 is 0. The molecule has 0 aromatic heterocycles. The number of likely N-dealkylation sites (tertiary alicyclic amines) is 1. The number of carbonyl (C=O) groups is 2. The van der Waals surface area contributed by atoms with Gasteiger partial charge in [-0.25, -0.2) is 4.79 Å². The van der Waals surface area contributed by atoms with Crippen molar-refractivity contribution in [3.8, 4) is 5.75 Å². The van der Waals surface area contributed by atoms with Crippen molar-refractivity contribution in [3.63, 3.8) is 0 Å². The summed E-state index contributed by atoms with van der Waals surface area (Å²) in [6.07, 6.45) is 0.897. The number of fused-ring (bicyclic) bond motifs is 2. The van der Waals surface area contributed by atoms with Crippen LogP contribution in [-0.4, -0.2) is 43.6 Å². The Balaban J connectivity index is 1.58. The molecule has 2 N–H and O–H groups in total. The fourth-order valence-corrected chi connectivity index (χ4v) is 3.13. The molecule has 0 unspecified atom stereocenters. The van der Waals surface area contributed by atoms with Gasteiger partial charge in [-0.2, -0.15) is 0 Å². The van der Waals surface area contributed by atoms with Crippen molar-refractivity contribution in [3.05, 3.63) is 29.8 Å². The van der Waals surface area contributed by atoms with Crippen LogP contribution in [0.5, 0.6) is 5.75 Å². The van der Waals surface area contributed by atoms with E-state index in [-0.39, 0.29) is 17.9 Å². The highest BCUT2D eigenvalue weighted by Gasteiger charge is 2.39. The molecule has 0 saturated carbocycles. The van der Waals surface area contributed by atoms with Gasteiger partial charge in [-0.15, -0.1) is 0 Å². The maximum absolute atomic E-state index is 12.3. The summed E-state index contributed by atoms with van der Waals surface area (Å²) < 4.78 is 5.10. The molecule has 2 saturated heterocycles. The summed E-state index contributed by atoms with van der Waals surface area (Å²) in [5.41, 5.74) is 0.973. The molecule has 3 rings (SSSR count). The zero-order chi connectivity index (χ0) is 15.5. The molecular formula is C16H21N3O3. The van der Waals surface area contributed by atoms with Gasteiger partial charge >= 0.3 is 6.03 Å². The third kappa shape index (κ3) is 3.06. The summed E-state index contributed by atoms with van der Waals surface area (Å²) in [6.45, 7) is 2.47. The van der Waals surface area contributed by atoms with Crippen LogP contribution >= 0.6 is 0 Å². The molecule has 1 aromatic rings. The fraction of sp³-hybridized carbons (Fsp3) is 0.500. The van der Waals surface area contributed by atoms with Gasteiger partial charge in [0.25, 0.3) is 0 Å². The van der Waals surface area contributed by atoms with E-state index in [1.165, 1.54) is 4.90 Å². The Morgan fingerprint density at radius 1 is 1.36 bits per heavy atom. The Kier molecular flexibility index (Phi) is 4.29. The molecule has 2 bridgehead atoms. The van der Waals surface area contributed by atoms with E-state index in [4.69, 9.17) is 4.74 Å². The molecular weight excluding hydrogens is 282 g/mol. The summed E-state index contributed by atoms with van der Waals surface area (Å²) in [5, 5.41) is 6.09. The second kappa shape index (κ2) is 6.36. The van der Waals surface area contributed by atoms with E-state index in [0.717, 1.165) is 24.3 Å². The van der Waals surface area contributed by atoms with Crippen molar-refractivity contribution in [1.82, 2.24) is 15.5 Å². The lowest BCUT2D eigenvalue weighted by molar-refractivity contribution is -0.137. The van der Waals surface area contributed by atoms with Gasteiger partial charge in [-0.1, -0.05) is 12.1 Å². The Bertz CT molecular complexity index is 558. The Morgan fingerprint density at radius 2 is 2.14 bits per heavy atom. The number of methoxy groups -OCH3 is 1. The number of carbonyl (C=O) groups excluding carboxylic acids is 2. The first-order valence-corrected chi connectivity index (χ1v) is 7.60. The summed E-state index contributed by atoms with van der Waals surface area (Å²) in [7, 11) is 1.62. The van der Waals surface area contributed by atoms with Gasteiger partial charge in [0.2, 0.25) is 5.91 Å². The zero-order valence-corrected chi connectivity index (χ0v) is 12.7. The molecule has 2 fully saturated rings. The first kappa shape index (κ1) is 14.8. The Morgan fingerprint density at radius 3 is 2.86 bits per heavy atom. The number of piperidine rings is 2. The van der Waals surface area contributed by atoms with Gasteiger partial charge in [0, 0.05) is 19.6 Å². The van der Waals surface area contributed by atoms with Crippen LogP contribution in [0.4, 0.5) is 4.79 Å². The molecule has 2 aliphatic heterocycles. The van der Waals surface area contributed by atoms with Crippen molar-refractivity contribution in [2.75, 3.05) is 26.7 Å². The molecule has 118 valence electrons.